The number of nitrogens with zero attached hydrogens (tertiary/aromatic N) is 1. The number of anilines is 1. The van der Waals surface area contributed by atoms with Crippen molar-refractivity contribution in [2.45, 2.75) is 36.7 Å². The van der Waals surface area contributed by atoms with Gasteiger partial charge >= 0.3 is 0 Å². The number of hydrogen-bond donors (Lipinski definition) is 3. The first-order valence-corrected chi connectivity index (χ1v) is 11.4. The van der Waals surface area contributed by atoms with Crippen molar-refractivity contribution in [1.82, 2.24) is 5.32 Å². The van der Waals surface area contributed by atoms with Gasteiger partial charge < -0.3 is 20.4 Å². The van der Waals surface area contributed by atoms with Crippen LogP contribution in [0.25, 0.3) is 0 Å². The van der Waals surface area contributed by atoms with E-state index in [1.807, 2.05) is 6.07 Å². The number of benzene rings is 2. The van der Waals surface area contributed by atoms with Crippen LogP contribution < -0.4 is 10.2 Å². The fourth-order valence-electron chi connectivity index (χ4n) is 3.09. The van der Waals surface area contributed by atoms with Gasteiger partial charge in [-0.25, -0.2) is 0 Å². The zero-order valence-corrected chi connectivity index (χ0v) is 17.6. The maximum atomic E-state index is 11.6. The highest BCUT2D eigenvalue weighted by Crippen LogP contribution is 2.24. The smallest absolute Gasteiger partial charge is 0.131 e. The van der Waals surface area contributed by atoms with E-state index in [-0.39, 0.29) is 5.75 Å². The number of rotatable bonds is 12. The van der Waals surface area contributed by atoms with Crippen LogP contribution in [0.5, 0.6) is 5.75 Å². The van der Waals surface area contributed by atoms with Crippen LogP contribution in [-0.4, -0.2) is 47.4 Å². The monoisotopic (exact) mass is 404 g/mol. The molecule has 0 aliphatic rings. The first-order chi connectivity index (χ1) is 13.5. The molecule has 0 saturated carbocycles. The summed E-state index contributed by atoms with van der Waals surface area (Å²) in [5, 5.41) is 23.3. The molecule has 2 atom stereocenters. The normalized spacial score (nSPS) is 13.2. The van der Waals surface area contributed by atoms with E-state index in [2.05, 4.69) is 41.5 Å². The molecule has 6 heteroatoms. The molecule has 5 nitrogen and oxygen atoms in total. The summed E-state index contributed by atoms with van der Waals surface area (Å²) in [5.74, 6) is 0.00246. The zero-order valence-electron chi connectivity index (χ0n) is 16.8. The summed E-state index contributed by atoms with van der Waals surface area (Å²) >= 11 is 0. The fraction of sp³-hybridized carbons (Fsp3) is 0.455. The van der Waals surface area contributed by atoms with E-state index < -0.39 is 16.9 Å². The minimum Gasteiger partial charge on any atom is -0.507 e. The Hall–Kier alpha value is -1.89. The Morgan fingerprint density at radius 2 is 1.79 bits per heavy atom. The second-order valence-corrected chi connectivity index (χ2v) is 8.42. The minimum absolute atomic E-state index is 0.00246. The standard InChI is InChI=1S/C22H32N2O3S/c1-24(19-10-6-5-7-11-19)15-9-4-3-8-14-23-17-21(26)18-12-13-20(25)22(16-18)28(2)27/h5-7,10-13,16,21,23,25-26H,3-4,8-9,14-15,17H2,1-2H3. The van der Waals surface area contributed by atoms with Gasteiger partial charge in [-0.05, 0) is 49.2 Å². The van der Waals surface area contributed by atoms with Crippen LogP contribution in [0.3, 0.4) is 0 Å². The van der Waals surface area contributed by atoms with E-state index in [4.69, 9.17) is 0 Å². The molecule has 28 heavy (non-hydrogen) atoms. The molecule has 154 valence electrons. The highest BCUT2D eigenvalue weighted by molar-refractivity contribution is 7.84. The predicted octanol–water partition coefficient (Wildman–Crippen LogP) is 3.45. The van der Waals surface area contributed by atoms with E-state index >= 15 is 0 Å². The number of hydrogen-bond acceptors (Lipinski definition) is 5. The Labute approximate surface area is 170 Å². The average molecular weight is 405 g/mol. The molecule has 0 bridgehead atoms. The number of aliphatic hydroxyl groups is 1. The summed E-state index contributed by atoms with van der Waals surface area (Å²) in [6, 6.07) is 15.2. The molecular formula is C22H32N2O3S. The molecule has 0 saturated heterocycles. The SMILES string of the molecule is CN(CCCCCCNCC(O)c1ccc(O)c(S(C)=O)c1)c1ccccc1. The number of phenolic OH excluding ortho intramolecular Hbond substituents is 1. The molecule has 3 N–H and O–H groups in total. The number of aromatic hydroxyl groups is 1. The Morgan fingerprint density at radius 1 is 1.07 bits per heavy atom. The summed E-state index contributed by atoms with van der Waals surface area (Å²) in [7, 11) is 0.846. The third-order valence-electron chi connectivity index (χ3n) is 4.81. The van der Waals surface area contributed by atoms with Crippen molar-refractivity contribution in [3.8, 4) is 5.75 Å². The van der Waals surface area contributed by atoms with Gasteiger partial charge in [0.2, 0.25) is 0 Å². The van der Waals surface area contributed by atoms with Crippen molar-refractivity contribution in [2.75, 3.05) is 37.8 Å². The van der Waals surface area contributed by atoms with Crippen molar-refractivity contribution in [3.05, 3.63) is 54.1 Å². The van der Waals surface area contributed by atoms with Crippen LogP contribution >= 0.6 is 0 Å². The number of phenols is 1. The summed E-state index contributed by atoms with van der Waals surface area (Å²) in [5.41, 5.74) is 1.92. The second-order valence-electron chi connectivity index (χ2n) is 7.07. The van der Waals surface area contributed by atoms with Crippen LogP contribution in [0, 0.1) is 0 Å². The van der Waals surface area contributed by atoms with Gasteiger partial charge in [0.05, 0.1) is 21.8 Å². The quantitative estimate of drug-likeness (QED) is 0.473. The van der Waals surface area contributed by atoms with Crippen LogP contribution in [0.1, 0.15) is 37.4 Å². The molecular weight excluding hydrogens is 372 g/mol. The number of para-hydroxylation sites is 1. The Morgan fingerprint density at radius 3 is 2.50 bits per heavy atom. The molecule has 0 fully saturated rings. The first kappa shape index (κ1) is 22.4. The Balaban J connectivity index is 1.58. The lowest BCUT2D eigenvalue weighted by molar-refractivity contribution is 0.174. The molecule has 2 aromatic carbocycles. The van der Waals surface area contributed by atoms with E-state index in [1.54, 1.807) is 12.1 Å². The molecule has 0 aliphatic carbocycles. The number of unbranched alkanes of at least 4 members (excludes halogenated alkanes) is 3. The Kier molecular flexibility index (Phi) is 9.47. The number of nitrogens with one attached hydrogen (secondary N) is 1. The fourth-order valence-corrected chi connectivity index (χ4v) is 3.75. The van der Waals surface area contributed by atoms with Gasteiger partial charge in [-0.1, -0.05) is 37.1 Å². The second kappa shape index (κ2) is 11.8. The van der Waals surface area contributed by atoms with E-state index in [0.29, 0.717) is 17.0 Å². The maximum Gasteiger partial charge on any atom is 0.131 e. The lowest BCUT2D eigenvalue weighted by Gasteiger charge is -2.19. The molecule has 0 radical (unpaired) electrons. The molecule has 0 spiro atoms. The molecule has 2 rings (SSSR count). The average Bonchev–Trinajstić information content (AvgIpc) is 2.70. The first-order valence-electron chi connectivity index (χ1n) is 9.80. The highest BCUT2D eigenvalue weighted by Gasteiger charge is 2.12. The van der Waals surface area contributed by atoms with Crippen molar-refractivity contribution in [1.29, 1.82) is 0 Å². The van der Waals surface area contributed by atoms with Gasteiger partial charge in [0.15, 0.2) is 0 Å². The molecule has 2 aromatic rings. The molecule has 0 aliphatic heterocycles. The van der Waals surface area contributed by atoms with Gasteiger partial charge in [-0.2, -0.15) is 0 Å². The Bertz CT molecular complexity index is 740. The maximum absolute atomic E-state index is 11.6. The highest BCUT2D eigenvalue weighted by atomic mass is 32.2. The zero-order chi connectivity index (χ0) is 20.4. The summed E-state index contributed by atoms with van der Waals surface area (Å²) in [6.45, 7) is 2.35. The predicted molar refractivity (Wildman–Crippen MR) is 116 cm³/mol. The third kappa shape index (κ3) is 7.26. The summed E-state index contributed by atoms with van der Waals surface area (Å²) in [4.78, 5) is 2.64. The van der Waals surface area contributed by atoms with Crippen LogP contribution in [0.15, 0.2) is 53.4 Å². The lowest BCUT2D eigenvalue weighted by atomic mass is 10.1. The largest absolute Gasteiger partial charge is 0.507 e. The summed E-state index contributed by atoms with van der Waals surface area (Å²) < 4.78 is 11.6. The van der Waals surface area contributed by atoms with Gasteiger partial charge in [0, 0.05) is 32.1 Å². The van der Waals surface area contributed by atoms with Crippen molar-refractivity contribution in [3.63, 3.8) is 0 Å². The van der Waals surface area contributed by atoms with Gasteiger partial charge in [0.1, 0.15) is 5.75 Å². The molecule has 0 heterocycles. The van der Waals surface area contributed by atoms with Crippen molar-refractivity contribution in [2.24, 2.45) is 0 Å². The molecule has 2 unspecified atom stereocenters. The van der Waals surface area contributed by atoms with Crippen molar-refractivity contribution >= 4 is 16.5 Å². The third-order valence-corrected chi connectivity index (χ3v) is 5.76. The van der Waals surface area contributed by atoms with Crippen LogP contribution in [0.4, 0.5) is 5.69 Å². The van der Waals surface area contributed by atoms with Crippen LogP contribution in [-0.2, 0) is 10.8 Å². The van der Waals surface area contributed by atoms with Crippen molar-refractivity contribution < 1.29 is 14.4 Å². The minimum atomic E-state index is -1.28. The lowest BCUT2D eigenvalue weighted by Crippen LogP contribution is -2.22. The topological polar surface area (TPSA) is 72.8 Å². The van der Waals surface area contributed by atoms with Gasteiger partial charge in [-0.3, -0.25) is 4.21 Å². The van der Waals surface area contributed by atoms with E-state index in [9.17, 15) is 14.4 Å². The van der Waals surface area contributed by atoms with Gasteiger partial charge in [-0.15, -0.1) is 0 Å². The van der Waals surface area contributed by atoms with E-state index in [0.717, 1.165) is 25.9 Å². The molecule has 0 amide bonds. The van der Waals surface area contributed by atoms with E-state index in [1.165, 1.54) is 30.9 Å². The number of aliphatic hydroxyl groups excluding tert-OH is 1. The molecule has 0 aromatic heterocycles. The van der Waals surface area contributed by atoms with Gasteiger partial charge in [0.25, 0.3) is 0 Å². The summed E-state index contributed by atoms with van der Waals surface area (Å²) in [6.07, 6.45) is 5.41. The van der Waals surface area contributed by atoms with Crippen LogP contribution in [0.2, 0.25) is 0 Å².